The summed E-state index contributed by atoms with van der Waals surface area (Å²) in [6, 6.07) is 37.2. The minimum Gasteiger partial charge on any atom is -0.507 e. The summed E-state index contributed by atoms with van der Waals surface area (Å²) in [6.07, 6.45) is 0.739. The maximum Gasteiger partial charge on any atom is 0.131 e. The van der Waals surface area contributed by atoms with Gasteiger partial charge in [-0.2, -0.15) is 0 Å². The highest BCUT2D eigenvalue weighted by Crippen LogP contribution is 2.43. The third kappa shape index (κ3) is 8.09. The lowest BCUT2D eigenvalue weighted by Crippen LogP contribution is -2.03. The predicted molar refractivity (Wildman–Crippen MR) is 210 cm³/mol. The Labute approximate surface area is 303 Å². The molecule has 0 saturated carbocycles. The van der Waals surface area contributed by atoms with E-state index in [0.29, 0.717) is 26.4 Å². The van der Waals surface area contributed by atoms with Crippen molar-refractivity contribution in [1.82, 2.24) is 0 Å². The van der Waals surface area contributed by atoms with Crippen LogP contribution in [0.2, 0.25) is 0 Å². The fourth-order valence-electron chi connectivity index (χ4n) is 6.88. The number of hydrogen-bond acceptors (Lipinski definition) is 4. The number of phenols is 2. The summed E-state index contributed by atoms with van der Waals surface area (Å²) in [5.74, 6) is 0.576. The van der Waals surface area contributed by atoms with Crippen molar-refractivity contribution in [2.24, 2.45) is 0 Å². The maximum absolute atomic E-state index is 11.6. The Hall–Kier alpha value is -5.16. The third-order valence-electron chi connectivity index (χ3n) is 9.58. The average molecular weight is 677 g/mol. The van der Waals surface area contributed by atoms with Gasteiger partial charge >= 0.3 is 0 Å². The van der Waals surface area contributed by atoms with Crippen LogP contribution in [0.3, 0.4) is 0 Å². The topological polar surface area (TPSA) is 58.9 Å². The molecule has 4 nitrogen and oxygen atoms in total. The summed E-state index contributed by atoms with van der Waals surface area (Å²) < 4.78 is 12.3. The summed E-state index contributed by atoms with van der Waals surface area (Å²) in [7, 11) is 0. The van der Waals surface area contributed by atoms with E-state index in [4.69, 9.17) is 9.47 Å². The molecule has 0 radical (unpaired) electrons. The monoisotopic (exact) mass is 676 g/mol. The molecule has 0 heterocycles. The van der Waals surface area contributed by atoms with Crippen LogP contribution in [-0.4, -0.2) is 23.4 Å². The van der Waals surface area contributed by atoms with Crippen molar-refractivity contribution >= 4 is 0 Å². The standard InChI is InChI=1S/C47H48O4/c1-30-16-18-34(5)40(22-30)44-26-32(3)24-42(46(44)48)38-14-9-7-12-36(38)28-50-20-11-21-51-29-37-13-8-10-15-39(37)43-25-33(4)27-45(47(43)49)41-23-31(2)17-19-35(41)6/h7-10,12-19,22-27,48-49H,11,20-21,28-29H2,1-6H3. The molecule has 0 aliphatic heterocycles. The van der Waals surface area contributed by atoms with Crippen LogP contribution >= 0.6 is 0 Å². The highest BCUT2D eigenvalue weighted by molar-refractivity contribution is 5.86. The van der Waals surface area contributed by atoms with E-state index in [1.165, 1.54) is 0 Å². The summed E-state index contributed by atoms with van der Waals surface area (Å²) in [5.41, 5.74) is 16.2. The Morgan fingerprint density at radius 3 is 1.16 bits per heavy atom. The molecule has 0 aliphatic carbocycles. The lowest BCUT2D eigenvalue weighted by atomic mass is 9.90. The first-order valence-corrected chi connectivity index (χ1v) is 17.7. The number of benzene rings is 6. The maximum atomic E-state index is 11.6. The van der Waals surface area contributed by atoms with Crippen LogP contribution in [0.1, 0.15) is 50.9 Å². The third-order valence-corrected chi connectivity index (χ3v) is 9.58. The summed E-state index contributed by atoms with van der Waals surface area (Å²) in [4.78, 5) is 0. The van der Waals surface area contributed by atoms with Crippen LogP contribution in [0.15, 0.2) is 109 Å². The fourth-order valence-corrected chi connectivity index (χ4v) is 6.88. The molecule has 51 heavy (non-hydrogen) atoms. The predicted octanol–water partition coefficient (Wildman–Crippen LogP) is 11.7. The second kappa shape index (κ2) is 15.8. The molecule has 0 aliphatic rings. The molecule has 6 aromatic rings. The van der Waals surface area contributed by atoms with E-state index < -0.39 is 0 Å². The van der Waals surface area contributed by atoms with Crippen LogP contribution in [0, 0.1) is 41.5 Å². The molecule has 0 atom stereocenters. The molecule has 260 valence electrons. The SMILES string of the molecule is Cc1ccc(C)c(-c2cc(C)cc(-c3ccccc3COCCCOCc3ccccc3-c3cc(C)cc(-c4cc(C)ccc4C)c3O)c2O)c1. The number of phenolic OH excluding ortho intramolecular Hbond substituents is 2. The van der Waals surface area contributed by atoms with E-state index in [0.717, 1.165) is 95.4 Å². The molecule has 6 rings (SSSR count). The Morgan fingerprint density at radius 2 is 0.745 bits per heavy atom. The molecule has 2 N–H and O–H groups in total. The highest BCUT2D eigenvalue weighted by Gasteiger charge is 2.18. The van der Waals surface area contributed by atoms with Gasteiger partial charge in [0.15, 0.2) is 0 Å². The van der Waals surface area contributed by atoms with Crippen LogP contribution in [-0.2, 0) is 22.7 Å². The first-order valence-electron chi connectivity index (χ1n) is 17.7. The van der Waals surface area contributed by atoms with E-state index >= 15 is 0 Å². The van der Waals surface area contributed by atoms with E-state index in [2.05, 4.69) is 126 Å². The molecule has 0 unspecified atom stereocenters. The molecular formula is C47H48O4. The zero-order valence-electron chi connectivity index (χ0n) is 30.6. The number of rotatable bonds is 12. The molecule has 0 amide bonds. The van der Waals surface area contributed by atoms with Crippen LogP contribution in [0.4, 0.5) is 0 Å². The zero-order valence-corrected chi connectivity index (χ0v) is 30.6. The number of aryl methyl sites for hydroxylation is 6. The zero-order chi connectivity index (χ0) is 36.1. The average Bonchev–Trinajstić information content (AvgIpc) is 3.12. The van der Waals surface area contributed by atoms with Crippen molar-refractivity contribution < 1.29 is 19.7 Å². The molecular weight excluding hydrogens is 629 g/mol. The van der Waals surface area contributed by atoms with E-state index in [1.54, 1.807) is 0 Å². The van der Waals surface area contributed by atoms with Gasteiger partial charge in [-0.05, 0) is 128 Å². The second-order valence-corrected chi connectivity index (χ2v) is 13.8. The molecule has 0 fully saturated rings. The number of ether oxygens (including phenoxy) is 2. The van der Waals surface area contributed by atoms with Gasteiger partial charge in [0.05, 0.1) is 13.2 Å². The minimum absolute atomic E-state index is 0.288. The highest BCUT2D eigenvalue weighted by atomic mass is 16.5. The van der Waals surface area contributed by atoms with Crippen LogP contribution in [0.5, 0.6) is 11.5 Å². The van der Waals surface area contributed by atoms with E-state index in [-0.39, 0.29) is 11.5 Å². The van der Waals surface area contributed by atoms with Gasteiger partial charge in [-0.25, -0.2) is 0 Å². The Kier molecular flexibility index (Phi) is 11.1. The minimum atomic E-state index is 0.288. The lowest BCUT2D eigenvalue weighted by Gasteiger charge is -2.17. The Balaban J connectivity index is 1.10. The van der Waals surface area contributed by atoms with Crippen molar-refractivity contribution in [1.29, 1.82) is 0 Å². The van der Waals surface area contributed by atoms with Gasteiger partial charge in [0, 0.05) is 35.5 Å². The Bertz CT molecular complexity index is 2020. The van der Waals surface area contributed by atoms with Gasteiger partial charge in [-0.1, -0.05) is 96.1 Å². The number of aromatic hydroxyl groups is 2. The molecule has 4 heteroatoms. The first-order chi connectivity index (χ1) is 24.6. The number of hydrogen-bond donors (Lipinski definition) is 2. The molecule has 0 saturated heterocycles. The molecule has 0 aromatic heterocycles. The van der Waals surface area contributed by atoms with Gasteiger partial charge in [0.1, 0.15) is 11.5 Å². The normalized spacial score (nSPS) is 11.3. The first kappa shape index (κ1) is 35.7. The lowest BCUT2D eigenvalue weighted by molar-refractivity contribution is 0.0698. The van der Waals surface area contributed by atoms with Crippen LogP contribution < -0.4 is 0 Å². The molecule has 6 aromatic carbocycles. The van der Waals surface area contributed by atoms with Gasteiger partial charge in [0.2, 0.25) is 0 Å². The van der Waals surface area contributed by atoms with Crippen molar-refractivity contribution in [3.63, 3.8) is 0 Å². The van der Waals surface area contributed by atoms with Gasteiger partial charge in [-0.15, -0.1) is 0 Å². The van der Waals surface area contributed by atoms with Crippen molar-refractivity contribution in [3.8, 4) is 56.0 Å². The summed E-state index contributed by atoms with van der Waals surface area (Å²) in [5, 5.41) is 23.1. The van der Waals surface area contributed by atoms with Crippen LogP contribution in [0.25, 0.3) is 44.5 Å². The fraction of sp³-hybridized carbons (Fsp3) is 0.234. The van der Waals surface area contributed by atoms with Crippen molar-refractivity contribution in [3.05, 3.63) is 154 Å². The van der Waals surface area contributed by atoms with Crippen molar-refractivity contribution in [2.45, 2.75) is 61.2 Å². The smallest absolute Gasteiger partial charge is 0.131 e. The van der Waals surface area contributed by atoms with Gasteiger partial charge < -0.3 is 19.7 Å². The van der Waals surface area contributed by atoms with Gasteiger partial charge in [-0.3, -0.25) is 0 Å². The van der Waals surface area contributed by atoms with E-state index in [1.807, 2.05) is 24.3 Å². The van der Waals surface area contributed by atoms with Crippen molar-refractivity contribution in [2.75, 3.05) is 13.2 Å². The van der Waals surface area contributed by atoms with E-state index in [9.17, 15) is 10.2 Å². The molecule has 0 bridgehead atoms. The summed E-state index contributed by atoms with van der Waals surface area (Å²) in [6.45, 7) is 14.4. The Morgan fingerprint density at radius 1 is 0.392 bits per heavy atom. The molecule has 0 spiro atoms. The largest absolute Gasteiger partial charge is 0.507 e. The van der Waals surface area contributed by atoms with Gasteiger partial charge in [0.25, 0.3) is 0 Å². The summed E-state index contributed by atoms with van der Waals surface area (Å²) >= 11 is 0. The second-order valence-electron chi connectivity index (χ2n) is 13.8. The quantitative estimate of drug-likeness (QED) is 0.127.